The van der Waals surface area contributed by atoms with Crippen LogP contribution in [0, 0.1) is 6.92 Å². The molecule has 19 heavy (non-hydrogen) atoms. The van der Waals surface area contributed by atoms with Crippen LogP contribution in [0.2, 0.25) is 0 Å². The fraction of sp³-hybridized carbons (Fsp3) is 0.200. The lowest BCUT2D eigenvalue weighted by atomic mass is 10.2. The summed E-state index contributed by atoms with van der Waals surface area (Å²) in [6, 6.07) is 11.7. The van der Waals surface area contributed by atoms with Gasteiger partial charge in [0.2, 0.25) is 6.79 Å². The molecule has 98 valence electrons. The molecule has 0 spiro atoms. The van der Waals surface area contributed by atoms with E-state index in [2.05, 4.69) is 5.32 Å². The molecule has 0 atom stereocenters. The lowest BCUT2D eigenvalue weighted by molar-refractivity contribution is 0.174. The zero-order chi connectivity index (χ0) is 13.2. The van der Waals surface area contributed by atoms with E-state index < -0.39 is 0 Å². The van der Waals surface area contributed by atoms with E-state index in [4.69, 9.17) is 14.2 Å². The minimum atomic E-state index is 0.263. The average Bonchev–Trinajstić information content (AvgIpc) is 2.88. The lowest BCUT2D eigenvalue weighted by Crippen LogP contribution is -1.98. The van der Waals surface area contributed by atoms with E-state index in [1.807, 2.05) is 43.3 Å². The van der Waals surface area contributed by atoms with Crippen LogP contribution in [0.25, 0.3) is 0 Å². The minimum absolute atomic E-state index is 0.263. The van der Waals surface area contributed by atoms with Gasteiger partial charge in [0.25, 0.3) is 0 Å². The Morgan fingerprint density at radius 2 is 1.84 bits per heavy atom. The maximum Gasteiger partial charge on any atom is 0.231 e. The SMILES string of the molecule is COc1c(C)cccc1Nc1cccc2c1OCO2. The van der Waals surface area contributed by atoms with E-state index in [0.717, 1.165) is 34.2 Å². The first-order valence-corrected chi connectivity index (χ1v) is 6.09. The van der Waals surface area contributed by atoms with Crippen LogP contribution in [0.3, 0.4) is 0 Å². The van der Waals surface area contributed by atoms with Crippen molar-refractivity contribution in [1.82, 2.24) is 0 Å². The first-order chi connectivity index (χ1) is 9.29. The molecule has 1 aliphatic rings. The highest BCUT2D eigenvalue weighted by Crippen LogP contribution is 2.41. The summed E-state index contributed by atoms with van der Waals surface area (Å²) in [7, 11) is 1.67. The Balaban J connectivity index is 1.99. The molecule has 0 aliphatic carbocycles. The maximum absolute atomic E-state index is 5.48. The third-order valence-corrected chi connectivity index (χ3v) is 3.08. The number of methoxy groups -OCH3 is 1. The lowest BCUT2D eigenvalue weighted by Gasteiger charge is -2.14. The molecule has 0 saturated carbocycles. The van der Waals surface area contributed by atoms with Gasteiger partial charge in [0, 0.05) is 0 Å². The number of hydrogen-bond acceptors (Lipinski definition) is 4. The van der Waals surface area contributed by atoms with E-state index in [-0.39, 0.29) is 6.79 Å². The third kappa shape index (κ3) is 2.05. The Bertz CT molecular complexity index is 598. The molecule has 0 saturated heterocycles. The summed E-state index contributed by atoms with van der Waals surface area (Å²) < 4.78 is 16.3. The normalized spacial score (nSPS) is 12.3. The second kappa shape index (κ2) is 4.72. The highest BCUT2D eigenvalue weighted by atomic mass is 16.7. The van der Waals surface area contributed by atoms with Gasteiger partial charge in [-0.3, -0.25) is 0 Å². The first-order valence-electron chi connectivity index (χ1n) is 6.09. The van der Waals surface area contributed by atoms with Gasteiger partial charge in [0.1, 0.15) is 5.75 Å². The number of rotatable bonds is 3. The zero-order valence-corrected chi connectivity index (χ0v) is 10.9. The molecule has 1 heterocycles. The number of benzene rings is 2. The highest BCUT2D eigenvalue weighted by molar-refractivity contribution is 5.74. The first kappa shape index (κ1) is 11.7. The maximum atomic E-state index is 5.48. The molecular formula is C15H15NO3. The largest absolute Gasteiger partial charge is 0.494 e. The van der Waals surface area contributed by atoms with E-state index in [1.165, 1.54) is 0 Å². The summed E-state index contributed by atoms with van der Waals surface area (Å²) in [5.41, 5.74) is 2.86. The van der Waals surface area contributed by atoms with Gasteiger partial charge in [0.15, 0.2) is 11.5 Å². The molecule has 2 aromatic rings. The monoisotopic (exact) mass is 257 g/mol. The Labute approximate surface area is 111 Å². The smallest absolute Gasteiger partial charge is 0.231 e. The van der Waals surface area contributed by atoms with Crippen molar-refractivity contribution in [3.63, 3.8) is 0 Å². The molecular weight excluding hydrogens is 242 g/mol. The van der Waals surface area contributed by atoms with E-state index >= 15 is 0 Å². The molecule has 2 aromatic carbocycles. The third-order valence-electron chi connectivity index (χ3n) is 3.08. The van der Waals surface area contributed by atoms with Crippen molar-refractivity contribution >= 4 is 11.4 Å². The van der Waals surface area contributed by atoms with Crippen molar-refractivity contribution in [3.8, 4) is 17.2 Å². The number of hydrogen-bond donors (Lipinski definition) is 1. The van der Waals surface area contributed by atoms with Crippen LogP contribution >= 0.6 is 0 Å². The second-order valence-electron chi connectivity index (χ2n) is 4.32. The van der Waals surface area contributed by atoms with Gasteiger partial charge >= 0.3 is 0 Å². The van der Waals surface area contributed by atoms with Gasteiger partial charge in [-0.15, -0.1) is 0 Å². The molecule has 0 amide bonds. The Hall–Kier alpha value is -2.36. The van der Waals surface area contributed by atoms with Crippen LogP contribution in [0.4, 0.5) is 11.4 Å². The van der Waals surface area contributed by atoms with Gasteiger partial charge in [-0.2, -0.15) is 0 Å². The number of fused-ring (bicyclic) bond motifs is 1. The predicted molar refractivity (Wildman–Crippen MR) is 73.6 cm³/mol. The molecule has 0 fully saturated rings. The molecule has 0 bridgehead atoms. The van der Waals surface area contributed by atoms with Crippen LogP contribution in [0.5, 0.6) is 17.2 Å². The standard InChI is InChI=1S/C15H15NO3/c1-10-5-3-6-11(14(10)17-2)16-12-7-4-8-13-15(12)19-9-18-13/h3-8,16H,9H2,1-2H3. The van der Waals surface area contributed by atoms with Gasteiger partial charge < -0.3 is 19.5 Å². The number of anilines is 2. The fourth-order valence-corrected chi connectivity index (χ4v) is 2.20. The van der Waals surface area contributed by atoms with Gasteiger partial charge in [-0.05, 0) is 30.7 Å². The molecule has 3 rings (SSSR count). The number of ether oxygens (including phenoxy) is 3. The molecule has 0 radical (unpaired) electrons. The molecule has 0 aromatic heterocycles. The van der Waals surface area contributed by atoms with Crippen molar-refractivity contribution in [1.29, 1.82) is 0 Å². The quantitative estimate of drug-likeness (QED) is 0.913. The van der Waals surface area contributed by atoms with Crippen molar-refractivity contribution in [2.75, 3.05) is 19.2 Å². The van der Waals surface area contributed by atoms with Gasteiger partial charge in [-0.1, -0.05) is 18.2 Å². The minimum Gasteiger partial charge on any atom is -0.494 e. The average molecular weight is 257 g/mol. The molecule has 4 nitrogen and oxygen atoms in total. The van der Waals surface area contributed by atoms with Gasteiger partial charge in [0.05, 0.1) is 18.5 Å². The van der Waals surface area contributed by atoms with Crippen LogP contribution in [-0.4, -0.2) is 13.9 Å². The molecule has 4 heteroatoms. The number of para-hydroxylation sites is 2. The van der Waals surface area contributed by atoms with Crippen LogP contribution in [0.15, 0.2) is 36.4 Å². The predicted octanol–water partition coefficient (Wildman–Crippen LogP) is 3.48. The van der Waals surface area contributed by atoms with Crippen molar-refractivity contribution in [3.05, 3.63) is 42.0 Å². The fourth-order valence-electron chi connectivity index (χ4n) is 2.20. The molecule has 0 unspecified atom stereocenters. The van der Waals surface area contributed by atoms with Crippen LogP contribution in [0.1, 0.15) is 5.56 Å². The van der Waals surface area contributed by atoms with Crippen molar-refractivity contribution in [2.45, 2.75) is 6.92 Å². The number of nitrogens with one attached hydrogen (secondary N) is 1. The van der Waals surface area contributed by atoms with Crippen LogP contribution in [-0.2, 0) is 0 Å². The van der Waals surface area contributed by atoms with Gasteiger partial charge in [-0.25, -0.2) is 0 Å². The Kier molecular flexibility index (Phi) is 2.91. The van der Waals surface area contributed by atoms with E-state index in [1.54, 1.807) is 7.11 Å². The summed E-state index contributed by atoms with van der Waals surface area (Å²) in [6.45, 7) is 2.28. The molecule has 1 N–H and O–H groups in total. The summed E-state index contributed by atoms with van der Waals surface area (Å²) in [5, 5.41) is 3.33. The summed E-state index contributed by atoms with van der Waals surface area (Å²) in [5.74, 6) is 2.33. The zero-order valence-electron chi connectivity index (χ0n) is 10.9. The number of aryl methyl sites for hydroxylation is 1. The van der Waals surface area contributed by atoms with Crippen molar-refractivity contribution < 1.29 is 14.2 Å². The Morgan fingerprint density at radius 1 is 1.05 bits per heavy atom. The topological polar surface area (TPSA) is 39.7 Å². The van der Waals surface area contributed by atoms with Crippen LogP contribution < -0.4 is 19.5 Å². The summed E-state index contributed by atoms with van der Waals surface area (Å²) in [4.78, 5) is 0. The highest BCUT2D eigenvalue weighted by Gasteiger charge is 2.18. The van der Waals surface area contributed by atoms with E-state index in [0.29, 0.717) is 0 Å². The van der Waals surface area contributed by atoms with Crippen molar-refractivity contribution in [2.24, 2.45) is 0 Å². The second-order valence-corrected chi connectivity index (χ2v) is 4.32. The summed E-state index contributed by atoms with van der Waals surface area (Å²) >= 11 is 0. The molecule has 1 aliphatic heterocycles. The summed E-state index contributed by atoms with van der Waals surface area (Å²) in [6.07, 6.45) is 0. The Morgan fingerprint density at radius 3 is 2.68 bits per heavy atom. The van der Waals surface area contributed by atoms with E-state index in [9.17, 15) is 0 Å².